The summed E-state index contributed by atoms with van der Waals surface area (Å²) in [6.07, 6.45) is -1.35. The van der Waals surface area contributed by atoms with Gasteiger partial charge < -0.3 is 29.3 Å². The summed E-state index contributed by atoms with van der Waals surface area (Å²) in [5.41, 5.74) is -0.176. The number of benzene rings is 2. The van der Waals surface area contributed by atoms with Crippen LogP contribution in [-0.2, 0) is 25.7 Å². The molecule has 1 unspecified atom stereocenters. The molecule has 13 heteroatoms. The Bertz CT molecular complexity index is 1480. The molecule has 2 aliphatic heterocycles. The number of rotatable bonds is 3. The zero-order valence-corrected chi connectivity index (χ0v) is 26.9. The third kappa shape index (κ3) is 7.30. The second-order valence-electron chi connectivity index (χ2n) is 12.8. The van der Waals surface area contributed by atoms with Crippen molar-refractivity contribution in [2.75, 3.05) is 46.9 Å². The first-order valence-corrected chi connectivity index (χ1v) is 15.2. The van der Waals surface area contributed by atoms with Crippen LogP contribution in [-0.4, -0.2) is 119 Å². The first-order chi connectivity index (χ1) is 21.6. The summed E-state index contributed by atoms with van der Waals surface area (Å²) in [5, 5.41) is 10.3. The molecule has 248 valence electrons. The van der Waals surface area contributed by atoms with Crippen LogP contribution in [0.3, 0.4) is 0 Å². The van der Waals surface area contributed by atoms with Gasteiger partial charge in [-0.05, 0) is 51.0 Å². The maximum Gasteiger partial charge on any atom is 0.514 e. The summed E-state index contributed by atoms with van der Waals surface area (Å²) in [4.78, 5) is 70.5. The number of hydrogen-bond acceptors (Lipinski definition) is 7. The third-order valence-corrected chi connectivity index (χ3v) is 8.97. The van der Waals surface area contributed by atoms with Crippen molar-refractivity contribution in [3.05, 3.63) is 65.5 Å². The van der Waals surface area contributed by atoms with E-state index in [4.69, 9.17) is 9.47 Å². The van der Waals surface area contributed by atoms with Crippen molar-refractivity contribution >= 4 is 29.8 Å². The summed E-state index contributed by atoms with van der Waals surface area (Å²) in [6.45, 7) is 5.12. The Morgan fingerprint density at radius 2 is 1.76 bits per heavy atom. The molecule has 1 saturated heterocycles. The van der Waals surface area contributed by atoms with E-state index in [-0.39, 0.29) is 68.0 Å². The lowest BCUT2D eigenvalue weighted by atomic mass is 9.97. The van der Waals surface area contributed by atoms with E-state index in [1.54, 1.807) is 24.3 Å². The third-order valence-electron chi connectivity index (χ3n) is 8.97. The first kappa shape index (κ1) is 34.4. The minimum Gasteiger partial charge on any atom is -0.490 e. The van der Waals surface area contributed by atoms with Gasteiger partial charge in [-0.3, -0.25) is 14.4 Å². The van der Waals surface area contributed by atoms with E-state index in [0.717, 1.165) is 22.6 Å². The van der Waals surface area contributed by atoms with Gasteiger partial charge >= 0.3 is 12.1 Å². The van der Waals surface area contributed by atoms with Gasteiger partial charge in [-0.25, -0.2) is 13.7 Å². The Labute approximate surface area is 267 Å². The second kappa shape index (κ2) is 13.9. The number of carbonyl (C=O) groups excluding carboxylic acids is 4. The highest BCUT2D eigenvalue weighted by molar-refractivity contribution is 5.99. The van der Waals surface area contributed by atoms with E-state index in [9.17, 15) is 33.5 Å². The molecular formula is C33H42FN4O8+. The number of nitrogens with zero attached hydrogens (tertiary/aromatic N) is 4. The van der Waals surface area contributed by atoms with Gasteiger partial charge in [0.1, 0.15) is 55.5 Å². The summed E-state index contributed by atoms with van der Waals surface area (Å²) < 4.78 is 25.8. The summed E-state index contributed by atoms with van der Waals surface area (Å²) in [5.74, 6) is -3.05. The summed E-state index contributed by atoms with van der Waals surface area (Å²) >= 11 is 0. The van der Waals surface area contributed by atoms with Crippen LogP contribution in [0.1, 0.15) is 49.5 Å². The van der Waals surface area contributed by atoms with Gasteiger partial charge in [0, 0.05) is 20.5 Å². The largest absolute Gasteiger partial charge is 0.514 e. The van der Waals surface area contributed by atoms with Gasteiger partial charge in [0.25, 0.3) is 5.91 Å². The molecule has 0 saturated carbocycles. The highest BCUT2D eigenvalue weighted by Crippen LogP contribution is 2.31. The topological polar surface area (TPSA) is 134 Å². The van der Waals surface area contributed by atoms with Crippen LogP contribution in [0, 0.1) is 5.82 Å². The van der Waals surface area contributed by atoms with Crippen LogP contribution in [0.25, 0.3) is 0 Å². The molecule has 3 atom stereocenters. The predicted molar refractivity (Wildman–Crippen MR) is 164 cm³/mol. The number of ether oxygens (including phenoxy) is 2. The average Bonchev–Trinajstić information content (AvgIpc) is 3.01. The Kier molecular flexibility index (Phi) is 10.3. The quantitative estimate of drug-likeness (QED) is 0.399. The van der Waals surface area contributed by atoms with Crippen LogP contribution in [0.2, 0.25) is 0 Å². The molecule has 12 nitrogen and oxygen atoms in total. The fourth-order valence-corrected chi connectivity index (χ4v) is 5.99. The number of esters is 1. The molecule has 0 radical (unpaired) electrons. The van der Waals surface area contributed by atoms with Crippen molar-refractivity contribution in [1.82, 2.24) is 14.7 Å². The number of likely N-dealkylation sites (N-methyl/N-ethyl adjacent to an activating group) is 2. The lowest BCUT2D eigenvalue weighted by molar-refractivity contribution is -0.909. The summed E-state index contributed by atoms with van der Waals surface area (Å²) in [6, 6.07) is 10.4. The van der Waals surface area contributed by atoms with Crippen LogP contribution in [0.5, 0.6) is 5.75 Å². The van der Waals surface area contributed by atoms with Crippen molar-refractivity contribution in [1.29, 1.82) is 0 Å². The fraction of sp³-hybridized carbons (Fsp3) is 0.485. The molecule has 0 bridgehead atoms. The Morgan fingerprint density at radius 3 is 2.41 bits per heavy atom. The van der Waals surface area contributed by atoms with E-state index in [1.165, 1.54) is 30.0 Å². The molecule has 0 aromatic heterocycles. The number of piperazine rings is 1. The predicted octanol–water partition coefficient (Wildman–Crippen LogP) is 3.14. The zero-order valence-electron chi connectivity index (χ0n) is 26.9. The number of carbonyl (C=O) groups is 5. The number of hydrogen-bond donors (Lipinski definition) is 1. The minimum absolute atomic E-state index is 0.000115. The molecule has 1 fully saturated rings. The molecule has 4 amide bonds. The molecule has 2 heterocycles. The normalized spacial score (nSPS) is 23.4. The van der Waals surface area contributed by atoms with Gasteiger partial charge in [-0.2, -0.15) is 4.79 Å². The average molecular weight is 642 g/mol. The van der Waals surface area contributed by atoms with E-state index in [0.29, 0.717) is 0 Å². The van der Waals surface area contributed by atoms with Crippen molar-refractivity contribution in [2.24, 2.45) is 0 Å². The number of halogens is 1. The van der Waals surface area contributed by atoms with Gasteiger partial charge in [-0.1, -0.05) is 30.3 Å². The van der Waals surface area contributed by atoms with E-state index < -0.39 is 53.2 Å². The lowest BCUT2D eigenvalue weighted by Crippen LogP contribution is -2.73. The molecule has 2 aromatic rings. The van der Waals surface area contributed by atoms with Gasteiger partial charge in [0.15, 0.2) is 0 Å². The molecule has 1 N–H and O–H groups in total. The number of quaternary nitrogens is 1. The Balaban J connectivity index is 1.70. The van der Waals surface area contributed by atoms with Gasteiger partial charge in [-0.15, -0.1) is 0 Å². The SMILES string of the molecule is CN1CC(=O)N2CC[N+](C(=O)O)(C(C)(C)C)C[C@H]2COc2ccc(F)cc2C(=O)N(C)[C@H](C(=O)OCc2ccccc2)CCC1=O. The maximum atomic E-state index is 14.5. The van der Waals surface area contributed by atoms with Crippen LogP contribution in [0.4, 0.5) is 9.18 Å². The highest BCUT2D eigenvalue weighted by atomic mass is 19.1. The first-order valence-electron chi connectivity index (χ1n) is 15.2. The van der Waals surface area contributed by atoms with Crippen molar-refractivity contribution in [2.45, 2.75) is 57.8 Å². The standard InChI is InChI=1S/C33H41FN4O8/c1-33(2,3)38(32(43)44)16-15-37-24(19-38)21-45-27-13-11-23(34)17-25(27)30(41)36(5)26(12-14-28(39)35(4)18-29(37)40)31(42)46-20-22-9-7-6-8-10-22/h6-11,13,17,24,26H,12,14-16,18-21H2,1-5H3/p+1/t24-,26-,38?/m0/s1. The fourth-order valence-electron chi connectivity index (χ4n) is 5.99. The van der Waals surface area contributed by atoms with Crippen molar-refractivity contribution in [3.8, 4) is 5.75 Å². The van der Waals surface area contributed by atoms with E-state index in [2.05, 4.69) is 0 Å². The highest BCUT2D eigenvalue weighted by Gasteiger charge is 2.53. The minimum atomic E-state index is -1.21. The van der Waals surface area contributed by atoms with Gasteiger partial charge in [0.05, 0.1) is 18.7 Å². The van der Waals surface area contributed by atoms with Crippen LogP contribution in [0.15, 0.2) is 48.5 Å². The molecule has 2 aliphatic rings. The molecular weight excluding hydrogens is 599 g/mol. The number of fused-ring (bicyclic) bond motifs is 2. The second-order valence-corrected chi connectivity index (χ2v) is 12.8. The molecule has 0 spiro atoms. The van der Waals surface area contributed by atoms with E-state index in [1.807, 2.05) is 26.8 Å². The monoisotopic (exact) mass is 641 g/mol. The van der Waals surface area contributed by atoms with Crippen molar-refractivity contribution < 1.29 is 47.4 Å². The lowest BCUT2D eigenvalue weighted by Gasteiger charge is -2.51. The molecule has 2 aromatic carbocycles. The molecule has 4 rings (SSSR count). The van der Waals surface area contributed by atoms with Crippen molar-refractivity contribution in [3.63, 3.8) is 0 Å². The Hall–Kier alpha value is -4.52. The molecule has 46 heavy (non-hydrogen) atoms. The van der Waals surface area contributed by atoms with Crippen LogP contribution >= 0.6 is 0 Å². The van der Waals surface area contributed by atoms with Crippen LogP contribution < -0.4 is 4.74 Å². The Morgan fingerprint density at radius 1 is 1.07 bits per heavy atom. The smallest absolute Gasteiger partial charge is 0.490 e. The summed E-state index contributed by atoms with van der Waals surface area (Å²) in [7, 11) is 2.84. The maximum absolute atomic E-state index is 14.5. The van der Waals surface area contributed by atoms with Gasteiger partial charge in [0.2, 0.25) is 11.8 Å². The van der Waals surface area contributed by atoms with E-state index >= 15 is 0 Å². The number of amides is 4. The zero-order chi connectivity index (χ0) is 33.8. The number of carboxylic acid groups (broad SMARTS) is 1. The molecule has 0 aliphatic carbocycles.